The highest BCUT2D eigenvalue weighted by Gasteiger charge is 2.28. The topological polar surface area (TPSA) is 84.3 Å². The Bertz CT molecular complexity index is 851. The number of likely N-dealkylation sites (tertiary alicyclic amines) is 1. The summed E-state index contributed by atoms with van der Waals surface area (Å²) in [7, 11) is 0. The lowest BCUT2D eigenvalue weighted by Crippen LogP contribution is -2.48. The van der Waals surface area contributed by atoms with Crippen molar-refractivity contribution in [3.8, 4) is 0 Å². The summed E-state index contributed by atoms with van der Waals surface area (Å²) in [5, 5.41) is 21.4. The lowest BCUT2D eigenvalue weighted by atomic mass is 9.96. The first-order chi connectivity index (χ1) is 15.2. The molecule has 2 fully saturated rings. The molecule has 1 aromatic rings. The van der Waals surface area contributed by atoms with Crippen LogP contribution in [0.15, 0.2) is 24.3 Å². The van der Waals surface area contributed by atoms with Gasteiger partial charge in [-0.1, -0.05) is 36.2 Å². The van der Waals surface area contributed by atoms with Gasteiger partial charge < -0.3 is 20.0 Å². The van der Waals surface area contributed by atoms with Crippen LogP contribution < -0.4 is 0 Å². The van der Waals surface area contributed by atoms with E-state index in [0.29, 0.717) is 42.8 Å². The van der Waals surface area contributed by atoms with Gasteiger partial charge in [0, 0.05) is 51.8 Å². The number of aliphatic hydroxyl groups excluding tert-OH is 2. The monoisotopic (exact) mass is 483 g/mol. The summed E-state index contributed by atoms with van der Waals surface area (Å²) in [6, 6.07) is 5.13. The van der Waals surface area contributed by atoms with Crippen LogP contribution in [-0.4, -0.2) is 94.7 Å². The van der Waals surface area contributed by atoms with E-state index in [1.54, 1.807) is 34.1 Å². The number of aliphatic hydroxyl groups is 2. The Labute approximate surface area is 199 Å². The fourth-order valence-electron chi connectivity index (χ4n) is 4.06. The van der Waals surface area contributed by atoms with Crippen LogP contribution in [0.2, 0.25) is 10.0 Å². The minimum Gasteiger partial charge on any atom is -0.392 e. The molecule has 1 aromatic carbocycles. The number of hydrogen-bond donors (Lipinski definition) is 2. The van der Waals surface area contributed by atoms with Crippen molar-refractivity contribution in [2.45, 2.75) is 32.0 Å². The molecule has 3 unspecified atom stereocenters. The molecule has 2 heterocycles. The van der Waals surface area contributed by atoms with Gasteiger partial charge >= 0.3 is 0 Å². The molecule has 2 aliphatic rings. The summed E-state index contributed by atoms with van der Waals surface area (Å²) in [6.45, 7) is 5.17. The molecule has 0 radical (unpaired) electrons. The zero-order valence-corrected chi connectivity index (χ0v) is 19.8. The number of nitrogens with zero attached hydrogens (tertiary/aromatic N) is 3. The quantitative estimate of drug-likeness (QED) is 0.605. The van der Waals surface area contributed by atoms with E-state index in [-0.39, 0.29) is 36.8 Å². The number of carbonyl (C=O) groups excluding carboxylic acids is 2. The van der Waals surface area contributed by atoms with E-state index >= 15 is 0 Å². The molecule has 176 valence electrons. The molecular weight excluding hydrogens is 453 g/mol. The van der Waals surface area contributed by atoms with Crippen LogP contribution in [0, 0.1) is 5.92 Å². The standard InChI is InChI=1S/C23H31Cl2N3O4/c1-16-6-8-26(15-21(16)30)13-18(29)14-28-11-10-27(9-7-23(28)32)22(31)5-3-17-2-4-19(24)20(25)12-17/h2-5,12,16,18,21,29-30H,6-11,13-15H2,1H3. The fraction of sp³-hybridized carbons (Fsp3) is 0.565. The van der Waals surface area contributed by atoms with Crippen LogP contribution in [0.4, 0.5) is 0 Å². The van der Waals surface area contributed by atoms with Gasteiger partial charge in [-0.2, -0.15) is 0 Å². The first-order valence-corrected chi connectivity index (χ1v) is 11.8. The van der Waals surface area contributed by atoms with Crippen molar-refractivity contribution in [3.63, 3.8) is 0 Å². The molecule has 3 rings (SSSR count). The molecule has 7 nitrogen and oxygen atoms in total. The maximum absolute atomic E-state index is 12.6. The number of piperidine rings is 1. The van der Waals surface area contributed by atoms with E-state index in [0.717, 1.165) is 18.5 Å². The summed E-state index contributed by atoms with van der Waals surface area (Å²) in [4.78, 5) is 30.4. The molecule has 3 atom stereocenters. The Kier molecular flexibility index (Phi) is 8.96. The zero-order valence-electron chi connectivity index (χ0n) is 18.3. The third-order valence-electron chi connectivity index (χ3n) is 6.16. The number of rotatable bonds is 6. The van der Waals surface area contributed by atoms with Gasteiger partial charge in [-0.15, -0.1) is 0 Å². The van der Waals surface area contributed by atoms with Crippen molar-refractivity contribution in [1.29, 1.82) is 0 Å². The van der Waals surface area contributed by atoms with E-state index in [9.17, 15) is 19.8 Å². The SMILES string of the molecule is CC1CCN(CC(O)CN2CCN(C(=O)C=Cc3ccc(Cl)c(Cl)c3)CCC2=O)CC1O. The van der Waals surface area contributed by atoms with Crippen LogP contribution in [0.5, 0.6) is 0 Å². The molecule has 9 heteroatoms. The van der Waals surface area contributed by atoms with Crippen LogP contribution in [-0.2, 0) is 9.59 Å². The predicted molar refractivity (Wildman–Crippen MR) is 126 cm³/mol. The smallest absolute Gasteiger partial charge is 0.246 e. The van der Waals surface area contributed by atoms with Crippen LogP contribution in [0.1, 0.15) is 25.3 Å². The second-order valence-corrected chi connectivity index (χ2v) is 9.48. The number of benzene rings is 1. The Morgan fingerprint density at radius 3 is 2.69 bits per heavy atom. The van der Waals surface area contributed by atoms with E-state index in [2.05, 4.69) is 0 Å². The maximum atomic E-state index is 12.6. The average Bonchev–Trinajstić information content (AvgIpc) is 2.93. The van der Waals surface area contributed by atoms with E-state index in [1.807, 2.05) is 11.8 Å². The second kappa shape index (κ2) is 11.5. The highest BCUT2D eigenvalue weighted by Crippen LogP contribution is 2.23. The van der Waals surface area contributed by atoms with Gasteiger partial charge in [0.25, 0.3) is 0 Å². The Balaban J connectivity index is 1.50. The van der Waals surface area contributed by atoms with Gasteiger partial charge in [-0.25, -0.2) is 0 Å². The number of hydrogen-bond acceptors (Lipinski definition) is 5. The lowest BCUT2D eigenvalue weighted by molar-refractivity contribution is -0.132. The minimum absolute atomic E-state index is 0.0693. The number of halogens is 2. The molecule has 2 saturated heterocycles. The van der Waals surface area contributed by atoms with Crippen molar-refractivity contribution in [3.05, 3.63) is 39.9 Å². The van der Waals surface area contributed by atoms with Gasteiger partial charge in [0.15, 0.2) is 0 Å². The summed E-state index contributed by atoms with van der Waals surface area (Å²) < 4.78 is 0. The second-order valence-electron chi connectivity index (χ2n) is 8.67. The zero-order chi connectivity index (χ0) is 23.3. The van der Waals surface area contributed by atoms with Crippen molar-refractivity contribution < 1.29 is 19.8 Å². The molecule has 0 saturated carbocycles. The largest absolute Gasteiger partial charge is 0.392 e. The van der Waals surface area contributed by atoms with E-state index in [1.165, 1.54) is 6.08 Å². The van der Waals surface area contributed by atoms with Crippen LogP contribution in [0.3, 0.4) is 0 Å². The molecular formula is C23H31Cl2N3O4. The summed E-state index contributed by atoms with van der Waals surface area (Å²) in [6.07, 6.45) is 3.18. The highest BCUT2D eigenvalue weighted by molar-refractivity contribution is 6.42. The van der Waals surface area contributed by atoms with Crippen molar-refractivity contribution in [2.24, 2.45) is 5.92 Å². The maximum Gasteiger partial charge on any atom is 0.246 e. The number of carbonyl (C=O) groups is 2. The fourth-order valence-corrected chi connectivity index (χ4v) is 4.37. The average molecular weight is 484 g/mol. The van der Waals surface area contributed by atoms with Gasteiger partial charge in [-0.05, 0) is 42.7 Å². The third kappa shape index (κ3) is 6.93. The van der Waals surface area contributed by atoms with Gasteiger partial charge in [-0.3, -0.25) is 14.5 Å². The molecule has 0 bridgehead atoms. The van der Waals surface area contributed by atoms with Gasteiger partial charge in [0.1, 0.15) is 0 Å². The molecule has 0 spiro atoms. The molecule has 32 heavy (non-hydrogen) atoms. The van der Waals surface area contributed by atoms with Crippen molar-refractivity contribution >= 4 is 41.1 Å². The molecule has 2 aliphatic heterocycles. The summed E-state index contributed by atoms with van der Waals surface area (Å²) in [5.41, 5.74) is 0.764. The first kappa shape index (κ1) is 25.0. The molecule has 2 N–H and O–H groups in total. The first-order valence-electron chi connectivity index (χ1n) is 11.0. The third-order valence-corrected chi connectivity index (χ3v) is 6.90. The summed E-state index contributed by atoms with van der Waals surface area (Å²) >= 11 is 11.9. The Morgan fingerprint density at radius 2 is 1.97 bits per heavy atom. The van der Waals surface area contributed by atoms with Crippen molar-refractivity contribution in [1.82, 2.24) is 14.7 Å². The van der Waals surface area contributed by atoms with Gasteiger partial charge in [0.2, 0.25) is 11.8 Å². The normalized spacial score (nSPS) is 24.1. The highest BCUT2D eigenvalue weighted by atomic mass is 35.5. The van der Waals surface area contributed by atoms with Crippen molar-refractivity contribution in [2.75, 3.05) is 45.8 Å². The van der Waals surface area contributed by atoms with Crippen LogP contribution >= 0.6 is 23.2 Å². The van der Waals surface area contributed by atoms with Crippen LogP contribution in [0.25, 0.3) is 6.08 Å². The number of β-amino-alcohol motifs (C(OH)–C–C–N with tert-alkyl or cyclic N) is 2. The Hall–Kier alpha value is -1.64. The molecule has 0 aliphatic carbocycles. The summed E-state index contributed by atoms with van der Waals surface area (Å²) in [5.74, 6) is 0.0210. The van der Waals surface area contributed by atoms with E-state index < -0.39 is 6.10 Å². The molecule has 2 amide bonds. The lowest BCUT2D eigenvalue weighted by Gasteiger charge is -2.36. The Morgan fingerprint density at radius 1 is 1.19 bits per heavy atom. The number of amides is 2. The van der Waals surface area contributed by atoms with E-state index in [4.69, 9.17) is 23.2 Å². The minimum atomic E-state index is -0.698. The van der Waals surface area contributed by atoms with Gasteiger partial charge in [0.05, 0.1) is 22.3 Å². The predicted octanol–water partition coefficient (Wildman–Crippen LogP) is 2.13. The molecule has 0 aromatic heterocycles.